The number of hydrogen-bond donors (Lipinski definition) is 2. The average Bonchev–Trinajstić information content (AvgIpc) is 2.47. The summed E-state index contributed by atoms with van der Waals surface area (Å²) in [5.41, 5.74) is 6.46. The van der Waals surface area contributed by atoms with Crippen molar-refractivity contribution in [3.05, 3.63) is 59.4 Å². The largest absolute Gasteiger partial charge is 0.494 e. The van der Waals surface area contributed by atoms with Crippen molar-refractivity contribution in [1.29, 1.82) is 5.41 Å². The summed E-state index contributed by atoms with van der Waals surface area (Å²) in [4.78, 5) is 0. The lowest BCUT2D eigenvalue weighted by atomic mass is 10.1. The Kier molecular flexibility index (Phi) is 4.77. The van der Waals surface area contributed by atoms with Gasteiger partial charge in [-0.15, -0.1) is 0 Å². The minimum atomic E-state index is -0.426. The van der Waals surface area contributed by atoms with E-state index in [1.54, 1.807) is 18.2 Å². The third-order valence-electron chi connectivity index (χ3n) is 2.89. The summed E-state index contributed by atoms with van der Waals surface area (Å²) < 4.78 is 24.2. The lowest BCUT2D eigenvalue weighted by Gasteiger charge is -2.11. The Bertz CT molecular complexity index is 627. The molecule has 0 saturated heterocycles. The molecular formula is C16H17FN2O2. The van der Waals surface area contributed by atoms with Crippen LogP contribution in [0.5, 0.6) is 11.5 Å². The van der Waals surface area contributed by atoms with Crippen molar-refractivity contribution in [2.45, 2.75) is 13.5 Å². The molecule has 0 saturated carbocycles. The van der Waals surface area contributed by atoms with Crippen LogP contribution in [0, 0.1) is 11.2 Å². The highest BCUT2D eigenvalue weighted by atomic mass is 19.1. The number of halogens is 1. The van der Waals surface area contributed by atoms with Crippen LogP contribution in [0.4, 0.5) is 4.39 Å². The molecule has 0 amide bonds. The first-order valence-electron chi connectivity index (χ1n) is 6.58. The predicted octanol–water partition coefficient (Wildman–Crippen LogP) is 3.09. The quantitative estimate of drug-likeness (QED) is 0.634. The summed E-state index contributed by atoms with van der Waals surface area (Å²) in [5.74, 6) is 0.832. The zero-order chi connectivity index (χ0) is 15.2. The van der Waals surface area contributed by atoms with E-state index in [9.17, 15) is 4.39 Å². The lowest BCUT2D eigenvalue weighted by Crippen LogP contribution is -2.15. The molecule has 0 radical (unpaired) electrons. The van der Waals surface area contributed by atoms with Crippen molar-refractivity contribution >= 4 is 5.84 Å². The van der Waals surface area contributed by atoms with Crippen LogP contribution in [0.15, 0.2) is 42.5 Å². The number of nitrogens with two attached hydrogens (primary N) is 1. The van der Waals surface area contributed by atoms with E-state index in [1.807, 2.05) is 19.1 Å². The summed E-state index contributed by atoms with van der Waals surface area (Å²) in [6.07, 6.45) is 0. The number of nitrogens with one attached hydrogen (secondary N) is 1. The van der Waals surface area contributed by atoms with Gasteiger partial charge in [0, 0.05) is 11.1 Å². The second kappa shape index (κ2) is 6.74. The van der Waals surface area contributed by atoms with Gasteiger partial charge < -0.3 is 15.2 Å². The number of amidine groups is 1. The van der Waals surface area contributed by atoms with Gasteiger partial charge in [-0.25, -0.2) is 4.39 Å². The number of benzene rings is 2. The van der Waals surface area contributed by atoms with Gasteiger partial charge in [0.05, 0.1) is 6.61 Å². The molecule has 0 fully saturated rings. The van der Waals surface area contributed by atoms with Gasteiger partial charge in [0.15, 0.2) is 0 Å². The van der Waals surface area contributed by atoms with Gasteiger partial charge in [-0.3, -0.25) is 5.41 Å². The molecule has 21 heavy (non-hydrogen) atoms. The molecule has 110 valence electrons. The van der Waals surface area contributed by atoms with Crippen LogP contribution in [0.1, 0.15) is 18.1 Å². The van der Waals surface area contributed by atoms with Gasteiger partial charge in [-0.2, -0.15) is 0 Å². The van der Waals surface area contributed by atoms with E-state index in [1.165, 1.54) is 12.1 Å². The molecule has 3 N–H and O–H groups in total. The van der Waals surface area contributed by atoms with Crippen LogP contribution in [-0.2, 0) is 6.61 Å². The van der Waals surface area contributed by atoms with Crippen LogP contribution >= 0.6 is 0 Å². The van der Waals surface area contributed by atoms with Crippen LogP contribution < -0.4 is 15.2 Å². The SMILES string of the molecule is CCOc1ccc(OCc2ccc(F)cc2C(=N)N)cc1. The minimum Gasteiger partial charge on any atom is -0.494 e. The van der Waals surface area contributed by atoms with Crippen molar-refractivity contribution in [3.63, 3.8) is 0 Å². The Hall–Kier alpha value is -2.56. The zero-order valence-electron chi connectivity index (χ0n) is 11.7. The van der Waals surface area contributed by atoms with Gasteiger partial charge in [0.25, 0.3) is 0 Å². The normalized spacial score (nSPS) is 10.2. The summed E-state index contributed by atoms with van der Waals surface area (Å²) in [6.45, 7) is 2.74. The van der Waals surface area contributed by atoms with Gasteiger partial charge in [0.2, 0.25) is 0 Å². The molecule has 5 heteroatoms. The maximum absolute atomic E-state index is 13.2. The maximum atomic E-state index is 13.2. The highest BCUT2D eigenvalue weighted by Gasteiger charge is 2.08. The fraction of sp³-hybridized carbons (Fsp3) is 0.188. The monoisotopic (exact) mass is 288 g/mol. The van der Waals surface area contributed by atoms with E-state index in [4.69, 9.17) is 20.6 Å². The van der Waals surface area contributed by atoms with Crippen LogP contribution in [0.25, 0.3) is 0 Å². The standard InChI is InChI=1S/C16H17FN2O2/c1-2-20-13-5-7-14(8-6-13)21-10-11-3-4-12(17)9-15(11)16(18)19/h3-9H,2,10H2,1H3,(H3,18,19). The first-order valence-corrected chi connectivity index (χ1v) is 6.58. The Morgan fingerprint density at radius 3 is 2.29 bits per heavy atom. The Labute approximate surface area is 122 Å². The van der Waals surface area contributed by atoms with Crippen molar-refractivity contribution in [1.82, 2.24) is 0 Å². The van der Waals surface area contributed by atoms with Crippen molar-refractivity contribution in [2.75, 3.05) is 6.61 Å². The second-order valence-corrected chi connectivity index (χ2v) is 4.41. The molecule has 2 aromatic rings. The van der Waals surface area contributed by atoms with Gasteiger partial charge in [-0.1, -0.05) is 6.07 Å². The molecule has 2 aromatic carbocycles. The maximum Gasteiger partial charge on any atom is 0.123 e. The molecule has 0 bridgehead atoms. The molecular weight excluding hydrogens is 271 g/mol. The minimum absolute atomic E-state index is 0.181. The zero-order valence-corrected chi connectivity index (χ0v) is 11.7. The molecule has 0 atom stereocenters. The highest BCUT2D eigenvalue weighted by molar-refractivity contribution is 5.96. The van der Waals surface area contributed by atoms with Crippen LogP contribution in [-0.4, -0.2) is 12.4 Å². The first kappa shape index (κ1) is 14.8. The van der Waals surface area contributed by atoms with E-state index >= 15 is 0 Å². The number of nitrogen functional groups attached to an aromatic ring is 1. The summed E-state index contributed by atoms with van der Waals surface area (Å²) in [5, 5.41) is 7.47. The van der Waals surface area contributed by atoms with Crippen molar-refractivity contribution in [2.24, 2.45) is 5.73 Å². The van der Waals surface area contributed by atoms with E-state index in [-0.39, 0.29) is 12.4 Å². The predicted molar refractivity (Wildman–Crippen MR) is 79.4 cm³/mol. The van der Waals surface area contributed by atoms with Crippen molar-refractivity contribution in [3.8, 4) is 11.5 Å². The van der Waals surface area contributed by atoms with Gasteiger partial charge in [-0.05, 0) is 43.3 Å². The topological polar surface area (TPSA) is 68.3 Å². The fourth-order valence-electron chi connectivity index (χ4n) is 1.89. The van der Waals surface area contributed by atoms with Gasteiger partial charge in [0.1, 0.15) is 29.8 Å². The molecule has 0 aromatic heterocycles. The molecule has 0 unspecified atom stereocenters. The molecule has 2 rings (SSSR count). The third-order valence-corrected chi connectivity index (χ3v) is 2.89. The Morgan fingerprint density at radius 2 is 1.71 bits per heavy atom. The Morgan fingerprint density at radius 1 is 1.10 bits per heavy atom. The second-order valence-electron chi connectivity index (χ2n) is 4.41. The number of hydrogen-bond acceptors (Lipinski definition) is 3. The smallest absolute Gasteiger partial charge is 0.123 e. The molecule has 4 nitrogen and oxygen atoms in total. The van der Waals surface area contributed by atoms with Crippen molar-refractivity contribution < 1.29 is 13.9 Å². The average molecular weight is 288 g/mol. The molecule has 0 spiro atoms. The first-order chi connectivity index (χ1) is 10.1. The third kappa shape index (κ3) is 3.95. The van der Waals surface area contributed by atoms with E-state index in [0.717, 1.165) is 5.75 Å². The van der Waals surface area contributed by atoms with Crippen LogP contribution in [0.2, 0.25) is 0 Å². The van der Waals surface area contributed by atoms with Crippen LogP contribution in [0.3, 0.4) is 0 Å². The summed E-state index contributed by atoms with van der Waals surface area (Å²) >= 11 is 0. The number of ether oxygens (including phenoxy) is 2. The highest BCUT2D eigenvalue weighted by Crippen LogP contribution is 2.20. The summed E-state index contributed by atoms with van der Waals surface area (Å²) in [7, 11) is 0. The van der Waals surface area contributed by atoms with E-state index in [0.29, 0.717) is 23.5 Å². The van der Waals surface area contributed by atoms with Gasteiger partial charge >= 0.3 is 0 Å². The Balaban J connectivity index is 2.07. The van der Waals surface area contributed by atoms with E-state index < -0.39 is 5.82 Å². The molecule has 0 aliphatic carbocycles. The molecule has 0 aliphatic rings. The fourth-order valence-corrected chi connectivity index (χ4v) is 1.89. The molecule has 0 heterocycles. The number of rotatable bonds is 6. The van der Waals surface area contributed by atoms with E-state index in [2.05, 4.69) is 0 Å². The summed E-state index contributed by atoms with van der Waals surface area (Å²) in [6, 6.07) is 11.3. The molecule has 0 aliphatic heterocycles. The lowest BCUT2D eigenvalue weighted by molar-refractivity contribution is 0.303.